The van der Waals surface area contributed by atoms with E-state index in [0.29, 0.717) is 17.0 Å². The second-order valence-electron chi connectivity index (χ2n) is 5.42. The first-order valence-corrected chi connectivity index (χ1v) is 9.59. The van der Waals surface area contributed by atoms with Gasteiger partial charge in [0.1, 0.15) is 0 Å². The predicted octanol–water partition coefficient (Wildman–Crippen LogP) is 3.97. The summed E-state index contributed by atoms with van der Waals surface area (Å²) in [6.07, 6.45) is -4.58. The van der Waals surface area contributed by atoms with Crippen molar-refractivity contribution in [1.29, 1.82) is 0 Å². The third-order valence-corrected chi connectivity index (χ3v) is 5.23. The summed E-state index contributed by atoms with van der Waals surface area (Å²) in [4.78, 5) is 15.1. The Hall–Kier alpha value is -2.35. The first-order valence-electron chi connectivity index (χ1n) is 7.23. The molecule has 2 rings (SSSR count). The van der Waals surface area contributed by atoms with Gasteiger partial charge in [0.25, 0.3) is 0 Å². The number of halogens is 6. The molecule has 0 saturated carbocycles. The Morgan fingerprint density at radius 1 is 1.11 bits per heavy atom. The van der Waals surface area contributed by atoms with Crippen molar-refractivity contribution >= 4 is 38.1 Å². The van der Waals surface area contributed by atoms with Crippen LogP contribution in [0.2, 0.25) is 0 Å². The Morgan fingerprint density at radius 2 is 1.68 bits per heavy atom. The lowest BCUT2D eigenvalue weighted by Crippen LogP contribution is -2.41. The molecule has 0 radical (unpaired) electrons. The summed E-state index contributed by atoms with van der Waals surface area (Å²) in [6.45, 7) is 1.19. The minimum Gasteiger partial charge on any atom is -0.332 e. The van der Waals surface area contributed by atoms with Crippen molar-refractivity contribution in [3.8, 4) is 0 Å². The molecule has 1 heterocycles. The number of sulfonamides is 1. The molecule has 2 aromatic rings. The van der Waals surface area contributed by atoms with Crippen molar-refractivity contribution in [3.63, 3.8) is 0 Å². The SMILES string of the molecule is C[C@H](C(=O)NS(=O)(=O)C(F)(F)F)c1ccc(Nc2nc(C(F)(F)F)cs2)cc1. The second kappa shape index (κ2) is 7.58. The second-order valence-corrected chi connectivity index (χ2v) is 7.95. The third-order valence-electron chi connectivity index (χ3n) is 3.39. The topological polar surface area (TPSA) is 88.2 Å². The van der Waals surface area contributed by atoms with E-state index < -0.39 is 39.2 Å². The van der Waals surface area contributed by atoms with Crippen LogP contribution in [0.4, 0.5) is 37.2 Å². The van der Waals surface area contributed by atoms with Crippen molar-refractivity contribution < 1.29 is 39.6 Å². The number of nitrogens with zero attached hydrogens (tertiary/aromatic N) is 1. The number of aromatic nitrogens is 1. The van der Waals surface area contributed by atoms with Crippen LogP contribution in [0.15, 0.2) is 29.6 Å². The molecule has 0 unspecified atom stereocenters. The van der Waals surface area contributed by atoms with E-state index in [9.17, 15) is 39.6 Å². The lowest BCUT2D eigenvalue weighted by atomic mass is 10.0. The van der Waals surface area contributed by atoms with Crippen molar-refractivity contribution in [1.82, 2.24) is 9.71 Å². The number of carbonyl (C=O) groups excluding carboxylic acids is 1. The molecule has 1 atom stereocenters. The fraction of sp³-hybridized carbons (Fsp3) is 0.286. The standard InChI is InChI=1S/C14H11F6N3O3S2/c1-7(11(24)23-28(25,26)14(18,19)20)8-2-4-9(5-3-8)21-12-22-10(6-27-12)13(15,16)17/h2-7H,1H3,(H,21,22)(H,23,24)/t7-/m0/s1. The van der Waals surface area contributed by atoms with Gasteiger partial charge in [-0.15, -0.1) is 11.3 Å². The molecule has 1 aromatic carbocycles. The number of hydrogen-bond donors (Lipinski definition) is 2. The minimum atomic E-state index is -5.82. The monoisotopic (exact) mass is 447 g/mol. The van der Waals surface area contributed by atoms with Crippen LogP contribution in [0.25, 0.3) is 0 Å². The fourth-order valence-electron chi connectivity index (χ4n) is 1.87. The quantitative estimate of drug-likeness (QED) is 0.678. The van der Waals surface area contributed by atoms with Gasteiger partial charge in [-0.3, -0.25) is 4.79 Å². The number of alkyl halides is 6. The summed E-state index contributed by atoms with van der Waals surface area (Å²) in [6, 6.07) is 5.33. The molecule has 1 amide bonds. The largest absolute Gasteiger partial charge is 0.516 e. The fourth-order valence-corrected chi connectivity index (χ4v) is 3.16. The van der Waals surface area contributed by atoms with E-state index in [1.54, 1.807) is 0 Å². The summed E-state index contributed by atoms with van der Waals surface area (Å²) in [5.41, 5.74) is -6.19. The molecule has 28 heavy (non-hydrogen) atoms. The highest BCUT2D eigenvalue weighted by atomic mass is 32.2. The number of hydrogen-bond acceptors (Lipinski definition) is 6. The van der Waals surface area contributed by atoms with E-state index in [1.807, 2.05) is 0 Å². The Bertz CT molecular complexity index is 952. The maximum absolute atomic E-state index is 12.5. The van der Waals surface area contributed by atoms with Gasteiger partial charge in [0.05, 0.1) is 5.92 Å². The summed E-state index contributed by atoms with van der Waals surface area (Å²) in [5.74, 6) is -2.62. The Kier molecular flexibility index (Phi) is 5.94. The van der Waals surface area contributed by atoms with E-state index >= 15 is 0 Å². The normalized spacial score (nSPS) is 13.8. The molecule has 0 saturated heterocycles. The Morgan fingerprint density at radius 3 is 2.14 bits per heavy atom. The van der Waals surface area contributed by atoms with Crippen molar-refractivity contribution in [2.24, 2.45) is 0 Å². The molecule has 154 valence electrons. The molecule has 1 aromatic heterocycles. The number of thiazole rings is 1. The van der Waals surface area contributed by atoms with Crippen LogP contribution in [-0.2, 0) is 21.0 Å². The molecule has 2 N–H and O–H groups in total. The highest BCUT2D eigenvalue weighted by Crippen LogP contribution is 2.32. The molecule has 0 fully saturated rings. The van der Waals surface area contributed by atoms with Crippen molar-refractivity contribution in [2.45, 2.75) is 24.5 Å². The van der Waals surface area contributed by atoms with Gasteiger partial charge in [0, 0.05) is 11.1 Å². The van der Waals surface area contributed by atoms with Gasteiger partial charge in [-0.05, 0) is 24.6 Å². The van der Waals surface area contributed by atoms with Crippen molar-refractivity contribution in [3.05, 3.63) is 40.9 Å². The average molecular weight is 447 g/mol. The minimum absolute atomic E-state index is 0.0397. The molecule has 6 nitrogen and oxygen atoms in total. The summed E-state index contributed by atoms with van der Waals surface area (Å²) in [5, 5.41) is 3.40. The van der Waals surface area contributed by atoms with Gasteiger partial charge in [-0.25, -0.2) is 9.71 Å². The molecule has 0 spiro atoms. The van der Waals surface area contributed by atoms with Gasteiger partial charge in [0.15, 0.2) is 10.8 Å². The zero-order chi connectivity index (χ0) is 21.3. The van der Waals surface area contributed by atoms with Gasteiger partial charge in [-0.2, -0.15) is 34.8 Å². The molecule has 0 aliphatic heterocycles. The van der Waals surface area contributed by atoms with Crippen molar-refractivity contribution in [2.75, 3.05) is 5.32 Å². The Balaban J connectivity index is 2.07. The maximum Gasteiger partial charge on any atom is 0.516 e. The Labute approximate surface area is 158 Å². The third kappa shape index (κ3) is 5.13. The molecular formula is C14H11F6N3O3S2. The lowest BCUT2D eigenvalue weighted by molar-refractivity contribution is -0.140. The van der Waals surface area contributed by atoms with Gasteiger partial charge in [0.2, 0.25) is 5.91 Å². The number of nitrogens with one attached hydrogen (secondary N) is 2. The summed E-state index contributed by atoms with van der Waals surface area (Å²) < 4.78 is 97.4. The van der Waals surface area contributed by atoms with Crippen LogP contribution < -0.4 is 10.0 Å². The van der Waals surface area contributed by atoms with Gasteiger partial charge < -0.3 is 5.32 Å². The highest BCUT2D eigenvalue weighted by Gasteiger charge is 2.47. The predicted molar refractivity (Wildman–Crippen MR) is 88.4 cm³/mol. The van der Waals surface area contributed by atoms with E-state index in [1.165, 1.54) is 31.2 Å². The zero-order valence-electron chi connectivity index (χ0n) is 13.7. The average Bonchev–Trinajstić information content (AvgIpc) is 3.02. The van der Waals surface area contributed by atoms with Crippen LogP contribution in [0, 0.1) is 0 Å². The molecule has 0 bridgehead atoms. The van der Waals surface area contributed by atoms with E-state index in [0.717, 1.165) is 10.1 Å². The molecule has 0 aliphatic rings. The number of benzene rings is 1. The molecule has 14 heteroatoms. The van der Waals surface area contributed by atoms with E-state index in [-0.39, 0.29) is 10.7 Å². The van der Waals surface area contributed by atoms with Gasteiger partial charge in [-0.1, -0.05) is 12.1 Å². The number of rotatable bonds is 5. The lowest BCUT2D eigenvalue weighted by Gasteiger charge is -2.14. The van der Waals surface area contributed by atoms with E-state index in [2.05, 4.69) is 10.3 Å². The zero-order valence-corrected chi connectivity index (χ0v) is 15.4. The maximum atomic E-state index is 12.5. The van der Waals surface area contributed by atoms with E-state index in [4.69, 9.17) is 0 Å². The van der Waals surface area contributed by atoms with Gasteiger partial charge >= 0.3 is 21.7 Å². The van der Waals surface area contributed by atoms with Crippen LogP contribution in [-0.4, -0.2) is 24.8 Å². The summed E-state index contributed by atoms with van der Waals surface area (Å²) >= 11 is 0.716. The molecular weight excluding hydrogens is 436 g/mol. The highest BCUT2D eigenvalue weighted by molar-refractivity contribution is 7.90. The van der Waals surface area contributed by atoms with Crippen LogP contribution in [0.1, 0.15) is 24.1 Å². The first kappa shape index (κ1) is 21.9. The van der Waals surface area contributed by atoms with Crippen LogP contribution in [0.3, 0.4) is 0 Å². The first-order chi connectivity index (χ1) is 12.7. The number of anilines is 2. The smallest absolute Gasteiger partial charge is 0.332 e. The van der Waals surface area contributed by atoms with Crippen LogP contribution in [0.5, 0.6) is 0 Å². The summed E-state index contributed by atoms with van der Waals surface area (Å²) in [7, 11) is -5.82. The number of carbonyl (C=O) groups is 1. The number of amides is 1. The van der Waals surface area contributed by atoms with Crippen LogP contribution >= 0.6 is 11.3 Å². The molecule has 0 aliphatic carbocycles.